The molecule has 144 valence electrons. The summed E-state index contributed by atoms with van der Waals surface area (Å²) < 4.78 is 7.70. The maximum atomic E-state index is 12.7. The van der Waals surface area contributed by atoms with E-state index in [0.29, 0.717) is 11.1 Å². The van der Waals surface area contributed by atoms with Crippen LogP contribution in [0.5, 0.6) is 0 Å². The Hall–Kier alpha value is -3.34. The van der Waals surface area contributed by atoms with E-state index in [-0.39, 0.29) is 5.91 Å². The lowest BCUT2D eigenvalue weighted by Gasteiger charge is -2.21. The van der Waals surface area contributed by atoms with Crippen molar-refractivity contribution >= 4 is 11.9 Å². The SMILES string of the molecule is Cc1ccc(C)n1-c1ccc(C(=O)OC(C(=O)N(C)C)c2ccccc2)cc1. The van der Waals surface area contributed by atoms with E-state index in [1.807, 2.05) is 44.2 Å². The molecule has 3 rings (SSSR count). The van der Waals surface area contributed by atoms with E-state index in [1.54, 1.807) is 38.4 Å². The second-order valence-corrected chi connectivity index (χ2v) is 6.93. The predicted molar refractivity (Wildman–Crippen MR) is 109 cm³/mol. The van der Waals surface area contributed by atoms with Crippen molar-refractivity contribution in [3.05, 3.63) is 89.2 Å². The summed E-state index contributed by atoms with van der Waals surface area (Å²) in [6.45, 7) is 4.07. The number of benzene rings is 2. The number of aryl methyl sites for hydroxylation is 2. The van der Waals surface area contributed by atoms with Crippen molar-refractivity contribution < 1.29 is 14.3 Å². The van der Waals surface area contributed by atoms with Gasteiger partial charge in [-0.05, 0) is 50.2 Å². The van der Waals surface area contributed by atoms with Crippen LogP contribution in [0, 0.1) is 13.8 Å². The number of likely N-dealkylation sites (N-methyl/N-ethyl adjacent to an activating group) is 1. The summed E-state index contributed by atoms with van der Waals surface area (Å²) in [6, 6.07) is 20.3. The lowest BCUT2D eigenvalue weighted by molar-refractivity contribution is -0.138. The Balaban J connectivity index is 1.83. The van der Waals surface area contributed by atoms with Crippen LogP contribution in [0.1, 0.15) is 33.4 Å². The maximum absolute atomic E-state index is 12.7. The van der Waals surface area contributed by atoms with Gasteiger partial charge in [0.05, 0.1) is 5.56 Å². The summed E-state index contributed by atoms with van der Waals surface area (Å²) in [6.07, 6.45) is -0.975. The highest BCUT2D eigenvalue weighted by Gasteiger charge is 2.27. The molecule has 5 nitrogen and oxygen atoms in total. The molecule has 0 N–H and O–H groups in total. The molecule has 0 aliphatic carbocycles. The molecule has 0 bridgehead atoms. The van der Waals surface area contributed by atoms with E-state index in [2.05, 4.69) is 16.7 Å². The largest absolute Gasteiger partial charge is 0.444 e. The monoisotopic (exact) mass is 376 g/mol. The van der Waals surface area contributed by atoms with Gasteiger partial charge in [-0.2, -0.15) is 0 Å². The van der Waals surface area contributed by atoms with Crippen LogP contribution in [0.15, 0.2) is 66.7 Å². The van der Waals surface area contributed by atoms with Gasteiger partial charge in [-0.3, -0.25) is 4.79 Å². The molecule has 0 aliphatic heterocycles. The van der Waals surface area contributed by atoms with E-state index >= 15 is 0 Å². The molecule has 1 heterocycles. The zero-order chi connectivity index (χ0) is 20.3. The van der Waals surface area contributed by atoms with Crippen LogP contribution in [-0.4, -0.2) is 35.4 Å². The second kappa shape index (κ2) is 8.13. The number of rotatable bonds is 5. The Morgan fingerprint density at radius 1 is 0.857 bits per heavy atom. The van der Waals surface area contributed by atoms with Gasteiger partial charge in [-0.25, -0.2) is 4.79 Å². The minimum atomic E-state index is -0.975. The first-order valence-corrected chi connectivity index (χ1v) is 9.11. The number of hydrogen-bond donors (Lipinski definition) is 0. The number of carbonyl (C=O) groups excluding carboxylic acids is 2. The number of hydrogen-bond acceptors (Lipinski definition) is 3. The first kappa shape index (κ1) is 19.4. The highest BCUT2D eigenvalue weighted by Crippen LogP contribution is 2.22. The fourth-order valence-electron chi connectivity index (χ4n) is 3.12. The number of aromatic nitrogens is 1. The number of esters is 1. The third kappa shape index (κ3) is 3.98. The fourth-order valence-corrected chi connectivity index (χ4v) is 3.12. The Kier molecular flexibility index (Phi) is 5.64. The number of ether oxygens (including phenoxy) is 1. The summed E-state index contributed by atoms with van der Waals surface area (Å²) in [5.74, 6) is -0.814. The van der Waals surface area contributed by atoms with Crippen LogP contribution < -0.4 is 0 Å². The van der Waals surface area contributed by atoms with Crippen LogP contribution in [0.2, 0.25) is 0 Å². The number of amides is 1. The molecule has 0 radical (unpaired) electrons. The lowest BCUT2D eigenvalue weighted by atomic mass is 10.1. The highest BCUT2D eigenvalue weighted by molar-refractivity contribution is 5.92. The van der Waals surface area contributed by atoms with Crippen molar-refractivity contribution in [2.45, 2.75) is 20.0 Å². The van der Waals surface area contributed by atoms with Gasteiger partial charge in [-0.15, -0.1) is 0 Å². The van der Waals surface area contributed by atoms with Crippen LogP contribution in [0.3, 0.4) is 0 Å². The summed E-state index contributed by atoms with van der Waals surface area (Å²) in [4.78, 5) is 26.6. The lowest BCUT2D eigenvalue weighted by Crippen LogP contribution is -2.31. The van der Waals surface area contributed by atoms with E-state index in [9.17, 15) is 9.59 Å². The number of carbonyl (C=O) groups is 2. The van der Waals surface area contributed by atoms with Crippen molar-refractivity contribution in [1.82, 2.24) is 9.47 Å². The van der Waals surface area contributed by atoms with Gasteiger partial charge in [0.25, 0.3) is 5.91 Å². The molecular weight excluding hydrogens is 352 g/mol. The van der Waals surface area contributed by atoms with Crippen molar-refractivity contribution in [1.29, 1.82) is 0 Å². The predicted octanol–water partition coefficient (Wildman–Crippen LogP) is 4.08. The van der Waals surface area contributed by atoms with Gasteiger partial charge in [0, 0.05) is 36.7 Å². The molecule has 0 spiro atoms. The molecular formula is C23H24N2O3. The molecule has 1 unspecified atom stereocenters. The Morgan fingerprint density at radius 3 is 1.96 bits per heavy atom. The van der Waals surface area contributed by atoms with E-state index < -0.39 is 12.1 Å². The quantitative estimate of drug-likeness (QED) is 0.631. The standard InChI is InChI=1S/C23H24N2O3/c1-16-10-11-17(2)25(16)20-14-12-19(13-15-20)23(27)28-21(22(26)24(3)4)18-8-6-5-7-9-18/h5-15,21H,1-4H3. The molecule has 5 heteroatoms. The summed E-state index contributed by atoms with van der Waals surface area (Å²) in [7, 11) is 3.28. The van der Waals surface area contributed by atoms with Crippen LogP contribution >= 0.6 is 0 Å². The first-order valence-electron chi connectivity index (χ1n) is 9.11. The summed E-state index contributed by atoms with van der Waals surface area (Å²) in [5, 5.41) is 0. The van der Waals surface area contributed by atoms with Crippen LogP contribution in [0.4, 0.5) is 0 Å². The molecule has 1 aromatic heterocycles. The molecule has 2 aromatic carbocycles. The average molecular weight is 376 g/mol. The molecule has 1 atom stereocenters. The Bertz CT molecular complexity index is 953. The van der Waals surface area contributed by atoms with E-state index in [4.69, 9.17) is 4.74 Å². The first-order chi connectivity index (χ1) is 13.4. The van der Waals surface area contributed by atoms with Crippen molar-refractivity contribution in [3.63, 3.8) is 0 Å². The second-order valence-electron chi connectivity index (χ2n) is 6.93. The van der Waals surface area contributed by atoms with Gasteiger partial charge in [0.15, 0.2) is 0 Å². The van der Waals surface area contributed by atoms with E-state index in [0.717, 1.165) is 17.1 Å². The zero-order valence-corrected chi connectivity index (χ0v) is 16.5. The van der Waals surface area contributed by atoms with Crippen LogP contribution in [-0.2, 0) is 9.53 Å². The highest BCUT2D eigenvalue weighted by atomic mass is 16.5. The smallest absolute Gasteiger partial charge is 0.339 e. The topological polar surface area (TPSA) is 51.5 Å². The van der Waals surface area contributed by atoms with E-state index in [1.165, 1.54) is 4.90 Å². The molecule has 3 aromatic rings. The van der Waals surface area contributed by atoms with Gasteiger partial charge in [0.2, 0.25) is 6.10 Å². The average Bonchev–Trinajstić information content (AvgIpc) is 3.04. The summed E-state index contributed by atoms with van der Waals surface area (Å²) >= 11 is 0. The normalized spacial score (nSPS) is 11.7. The van der Waals surface area contributed by atoms with Gasteiger partial charge >= 0.3 is 5.97 Å². The zero-order valence-electron chi connectivity index (χ0n) is 16.5. The van der Waals surface area contributed by atoms with Gasteiger partial charge in [0.1, 0.15) is 0 Å². The van der Waals surface area contributed by atoms with Crippen LogP contribution in [0.25, 0.3) is 5.69 Å². The van der Waals surface area contributed by atoms with Gasteiger partial charge in [-0.1, -0.05) is 30.3 Å². The number of nitrogens with zero attached hydrogens (tertiary/aromatic N) is 2. The molecule has 1 amide bonds. The molecule has 28 heavy (non-hydrogen) atoms. The summed E-state index contributed by atoms with van der Waals surface area (Å²) in [5.41, 5.74) is 4.26. The third-order valence-electron chi connectivity index (χ3n) is 4.62. The Labute approximate surface area is 165 Å². The fraction of sp³-hybridized carbons (Fsp3) is 0.217. The third-order valence-corrected chi connectivity index (χ3v) is 4.62. The minimum absolute atomic E-state index is 0.283. The minimum Gasteiger partial charge on any atom is -0.444 e. The molecule has 0 saturated heterocycles. The molecule has 0 fully saturated rings. The Morgan fingerprint density at radius 2 is 1.43 bits per heavy atom. The van der Waals surface area contributed by atoms with Crippen molar-refractivity contribution in [2.24, 2.45) is 0 Å². The maximum Gasteiger partial charge on any atom is 0.339 e. The van der Waals surface area contributed by atoms with Crippen molar-refractivity contribution in [3.8, 4) is 5.69 Å². The van der Waals surface area contributed by atoms with Crippen molar-refractivity contribution in [2.75, 3.05) is 14.1 Å². The molecule has 0 saturated carbocycles. The van der Waals surface area contributed by atoms with Gasteiger partial charge < -0.3 is 14.2 Å². The molecule has 0 aliphatic rings.